The molecule has 1 saturated heterocycles. The van der Waals surface area contributed by atoms with Crippen molar-refractivity contribution in [3.05, 3.63) is 40.9 Å². The Labute approximate surface area is 174 Å². The fourth-order valence-electron chi connectivity index (χ4n) is 3.02. The number of nitrogens with zero attached hydrogens (tertiary/aromatic N) is 2. The summed E-state index contributed by atoms with van der Waals surface area (Å²) in [5.74, 6) is -0.397. The molecular weight excluding hydrogens is 390 g/mol. The molecule has 2 heterocycles. The van der Waals surface area contributed by atoms with Gasteiger partial charge in [0.1, 0.15) is 0 Å². The van der Waals surface area contributed by atoms with Gasteiger partial charge in [-0.15, -0.1) is 11.3 Å². The lowest BCUT2D eigenvalue weighted by Gasteiger charge is -2.11. The summed E-state index contributed by atoms with van der Waals surface area (Å²) in [5, 5.41) is 5.06. The number of carbonyl (C=O) groups is 3. The molecule has 2 amide bonds. The van der Waals surface area contributed by atoms with Crippen molar-refractivity contribution in [3.8, 4) is 0 Å². The average molecular weight is 416 g/mol. The van der Waals surface area contributed by atoms with Crippen LogP contribution >= 0.6 is 11.3 Å². The number of amides is 2. The van der Waals surface area contributed by atoms with Crippen LogP contribution in [0, 0.1) is 0 Å². The van der Waals surface area contributed by atoms with Crippen LogP contribution in [0.2, 0.25) is 0 Å². The smallest absolute Gasteiger partial charge is 0.312 e. The summed E-state index contributed by atoms with van der Waals surface area (Å²) in [6, 6.07) is 7.66. The highest BCUT2D eigenvalue weighted by Crippen LogP contribution is 2.25. The summed E-state index contributed by atoms with van der Waals surface area (Å²) in [7, 11) is 0. The van der Waals surface area contributed by atoms with Crippen LogP contribution in [0.25, 0.3) is 0 Å². The van der Waals surface area contributed by atoms with Crippen molar-refractivity contribution in [2.24, 2.45) is 0 Å². The van der Waals surface area contributed by atoms with E-state index in [0.29, 0.717) is 35.4 Å². The second-order valence-corrected chi connectivity index (χ2v) is 7.92. The second-order valence-electron chi connectivity index (χ2n) is 7.09. The number of carbonyl (C=O) groups excluding carboxylic acids is 3. The molecule has 0 bridgehead atoms. The predicted molar refractivity (Wildman–Crippen MR) is 112 cm³/mol. The SMILES string of the molecule is CC[C@@H](C)c1ccc(NC(=O)COC(=O)Cc2csc(N3CCCC3=O)n2)cc1. The molecule has 0 aliphatic carbocycles. The number of esters is 1. The van der Waals surface area contributed by atoms with Gasteiger partial charge in [0.2, 0.25) is 5.91 Å². The number of rotatable bonds is 8. The first-order valence-electron chi connectivity index (χ1n) is 9.76. The van der Waals surface area contributed by atoms with Crippen LogP contribution in [0.4, 0.5) is 10.8 Å². The molecule has 1 aromatic carbocycles. The summed E-state index contributed by atoms with van der Waals surface area (Å²) >= 11 is 1.33. The molecule has 0 radical (unpaired) electrons. The number of hydrogen-bond donors (Lipinski definition) is 1. The number of nitrogens with one attached hydrogen (secondary N) is 1. The predicted octanol–water partition coefficient (Wildman–Crippen LogP) is 3.51. The standard InChI is InChI=1S/C21H25N3O4S/c1-3-14(2)15-6-8-16(9-7-15)22-18(25)12-28-20(27)11-17-13-29-21(23-17)24-10-4-5-19(24)26/h6-9,13-14H,3-5,10-12H2,1-2H3,(H,22,25)/t14-/m1/s1. The molecule has 0 spiro atoms. The van der Waals surface area contributed by atoms with Gasteiger partial charge in [-0.3, -0.25) is 19.3 Å². The number of benzene rings is 1. The molecule has 7 nitrogen and oxygen atoms in total. The highest BCUT2D eigenvalue weighted by molar-refractivity contribution is 7.14. The van der Waals surface area contributed by atoms with Crippen molar-refractivity contribution in [2.75, 3.05) is 23.4 Å². The van der Waals surface area contributed by atoms with Crippen LogP contribution in [0.15, 0.2) is 29.6 Å². The summed E-state index contributed by atoms with van der Waals surface area (Å²) in [6.07, 6.45) is 2.38. The summed E-state index contributed by atoms with van der Waals surface area (Å²) in [6.45, 7) is 4.59. The fourth-order valence-corrected chi connectivity index (χ4v) is 3.89. The van der Waals surface area contributed by atoms with Gasteiger partial charge >= 0.3 is 5.97 Å². The normalized spacial score (nSPS) is 14.7. The van der Waals surface area contributed by atoms with Crippen LogP contribution in [0.3, 0.4) is 0 Å². The lowest BCUT2D eigenvalue weighted by Crippen LogP contribution is -2.23. The van der Waals surface area contributed by atoms with E-state index in [4.69, 9.17) is 4.74 Å². The third-order valence-electron chi connectivity index (χ3n) is 4.91. The minimum Gasteiger partial charge on any atom is -0.455 e. The van der Waals surface area contributed by atoms with Crippen molar-refractivity contribution in [1.29, 1.82) is 0 Å². The number of thiazole rings is 1. The number of anilines is 2. The number of aromatic nitrogens is 1. The third kappa shape index (κ3) is 5.63. The van der Waals surface area contributed by atoms with E-state index in [-0.39, 0.29) is 18.9 Å². The average Bonchev–Trinajstić information content (AvgIpc) is 3.35. The first-order chi connectivity index (χ1) is 14.0. The Balaban J connectivity index is 1.44. The molecule has 2 aromatic rings. The van der Waals surface area contributed by atoms with Crippen LogP contribution in [-0.4, -0.2) is 35.9 Å². The summed E-state index contributed by atoms with van der Waals surface area (Å²) in [4.78, 5) is 41.7. The molecule has 1 aliphatic rings. The van der Waals surface area contributed by atoms with Gasteiger partial charge in [0.05, 0.1) is 12.1 Å². The largest absolute Gasteiger partial charge is 0.455 e. The second kappa shape index (κ2) is 9.65. The van der Waals surface area contributed by atoms with Gasteiger partial charge in [-0.25, -0.2) is 4.98 Å². The van der Waals surface area contributed by atoms with E-state index < -0.39 is 11.9 Å². The maximum absolute atomic E-state index is 12.0. The van der Waals surface area contributed by atoms with E-state index in [9.17, 15) is 14.4 Å². The monoisotopic (exact) mass is 415 g/mol. The Morgan fingerprint density at radius 3 is 2.72 bits per heavy atom. The van der Waals surface area contributed by atoms with Gasteiger partial charge < -0.3 is 10.1 Å². The molecule has 1 N–H and O–H groups in total. The van der Waals surface area contributed by atoms with Crippen LogP contribution in [-0.2, 0) is 25.5 Å². The van der Waals surface area contributed by atoms with Crippen molar-refractivity contribution in [3.63, 3.8) is 0 Å². The number of ether oxygens (including phenoxy) is 1. The fraction of sp³-hybridized carbons (Fsp3) is 0.429. The van der Waals surface area contributed by atoms with E-state index in [1.54, 1.807) is 10.3 Å². The Hall–Kier alpha value is -2.74. The van der Waals surface area contributed by atoms with Crippen molar-refractivity contribution < 1.29 is 19.1 Å². The zero-order valence-corrected chi connectivity index (χ0v) is 17.5. The first kappa shape index (κ1) is 21.0. The molecule has 1 aliphatic heterocycles. The zero-order chi connectivity index (χ0) is 20.8. The van der Waals surface area contributed by atoms with E-state index in [1.807, 2.05) is 24.3 Å². The van der Waals surface area contributed by atoms with Crippen LogP contribution in [0.1, 0.15) is 50.3 Å². The molecule has 1 atom stereocenters. The Kier molecular flexibility index (Phi) is 6.98. The van der Waals surface area contributed by atoms with Gasteiger partial charge in [0, 0.05) is 24.0 Å². The summed E-state index contributed by atoms with van der Waals surface area (Å²) < 4.78 is 5.05. The van der Waals surface area contributed by atoms with E-state index in [0.717, 1.165) is 12.8 Å². The molecule has 1 fully saturated rings. The maximum atomic E-state index is 12.0. The van der Waals surface area contributed by atoms with Gasteiger partial charge in [0.25, 0.3) is 5.91 Å². The Morgan fingerprint density at radius 2 is 2.07 bits per heavy atom. The molecule has 0 unspecified atom stereocenters. The van der Waals surface area contributed by atoms with Crippen molar-refractivity contribution in [2.45, 2.75) is 45.4 Å². The van der Waals surface area contributed by atoms with Gasteiger partial charge in [-0.2, -0.15) is 0 Å². The zero-order valence-electron chi connectivity index (χ0n) is 16.6. The molecule has 0 saturated carbocycles. The van der Waals surface area contributed by atoms with Gasteiger partial charge in [-0.05, 0) is 36.5 Å². The molecule has 154 valence electrons. The molecular formula is C21H25N3O4S. The van der Waals surface area contributed by atoms with E-state index in [2.05, 4.69) is 24.1 Å². The highest BCUT2D eigenvalue weighted by atomic mass is 32.1. The van der Waals surface area contributed by atoms with E-state index >= 15 is 0 Å². The minimum atomic E-state index is -0.531. The van der Waals surface area contributed by atoms with Crippen molar-refractivity contribution >= 4 is 39.9 Å². The van der Waals surface area contributed by atoms with Gasteiger partial charge in [0.15, 0.2) is 11.7 Å². The Morgan fingerprint density at radius 1 is 1.31 bits per heavy atom. The maximum Gasteiger partial charge on any atom is 0.312 e. The third-order valence-corrected chi connectivity index (χ3v) is 5.82. The topological polar surface area (TPSA) is 88.6 Å². The van der Waals surface area contributed by atoms with Gasteiger partial charge in [-0.1, -0.05) is 26.0 Å². The van der Waals surface area contributed by atoms with Crippen LogP contribution < -0.4 is 10.2 Å². The lowest BCUT2D eigenvalue weighted by molar-refractivity contribution is -0.146. The first-order valence-corrected chi connectivity index (χ1v) is 10.6. The number of hydrogen-bond acceptors (Lipinski definition) is 6. The minimum absolute atomic E-state index is 0.0323. The molecule has 3 rings (SSSR count). The lowest BCUT2D eigenvalue weighted by atomic mass is 9.99. The highest BCUT2D eigenvalue weighted by Gasteiger charge is 2.24. The summed E-state index contributed by atoms with van der Waals surface area (Å²) in [5.41, 5.74) is 2.42. The quantitative estimate of drug-likeness (QED) is 0.667. The molecule has 8 heteroatoms. The molecule has 1 aromatic heterocycles. The van der Waals surface area contributed by atoms with Crippen molar-refractivity contribution in [1.82, 2.24) is 4.98 Å². The molecule has 29 heavy (non-hydrogen) atoms. The Bertz CT molecular complexity index is 878. The van der Waals surface area contributed by atoms with Crippen LogP contribution in [0.5, 0.6) is 0 Å². The van der Waals surface area contributed by atoms with E-state index in [1.165, 1.54) is 16.9 Å².